The minimum atomic E-state index is -1.05. The molecule has 0 fully saturated rings. The van der Waals surface area contributed by atoms with Gasteiger partial charge in [0, 0.05) is 43.5 Å². The van der Waals surface area contributed by atoms with E-state index >= 15 is 0 Å². The lowest BCUT2D eigenvalue weighted by Crippen LogP contribution is -2.28. The van der Waals surface area contributed by atoms with Gasteiger partial charge >= 0.3 is 0 Å². The Kier molecular flexibility index (Phi) is 7.49. The predicted molar refractivity (Wildman–Crippen MR) is 116 cm³/mol. The Morgan fingerprint density at radius 1 is 1.09 bits per heavy atom. The van der Waals surface area contributed by atoms with Gasteiger partial charge in [0.05, 0.1) is 5.69 Å². The van der Waals surface area contributed by atoms with Crippen LogP contribution in [0.25, 0.3) is 11.0 Å². The summed E-state index contributed by atoms with van der Waals surface area (Å²) >= 11 is 0. The average molecular weight is 459 g/mol. The van der Waals surface area contributed by atoms with Crippen molar-refractivity contribution in [2.24, 2.45) is 0 Å². The number of benzene rings is 1. The van der Waals surface area contributed by atoms with Gasteiger partial charge in [-0.1, -0.05) is 6.07 Å². The Balaban J connectivity index is 1.87. The minimum Gasteiger partial charge on any atom is -0.423 e. The number of ketones is 2. The fourth-order valence-corrected chi connectivity index (χ4v) is 3.51. The highest BCUT2D eigenvalue weighted by atomic mass is 19.1. The molecule has 0 unspecified atom stereocenters. The van der Waals surface area contributed by atoms with Crippen LogP contribution in [-0.2, 0) is 17.6 Å². The first kappa shape index (κ1) is 24.0. The number of nitrogen functional groups attached to an aromatic ring is 1. The lowest BCUT2D eigenvalue weighted by molar-refractivity contribution is -0.119. The number of fused-ring (bicyclic) bond motifs is 1. The van der Waals surface area contributed by atoms with Crippen molar-refractivity contribution in [1.82, 2.24) is 9.71 Å². The highest BCUT2D eigenvalue weighted by molar-refractivity contribution is 6.06. The number of aryl methyl sites for hydroxylation is 2. The van der Waals surface area contributed by atoms with E-state index in [0.717, 1.165) is 6.07 Å². The highest BCUT2D eigenvalue weighted by Crippen LogP contribution is 2.24. The van der Waals surface area contributed by atoms with Gasteiger partial charge in [0.25, 0.3) is 5.56 Å². The maximum Gasteiger partial charge on any atom is 0.297 e. The zero-order valence-corrected chi connectivity index (χ0v) is 17.7. The molecular weight excluding hydrogens is 436 g/mol. The number of Topliss-reactive ketones (excluding diaryl/α,β-unsaturated/α-hetero) is 2. The van der Waals surface area contributed by atoms with Crippen molar-refractivity contribution in [3.8, 4) is 0 Å². The summed E-state index contributed by atoms with van der Waals surface area (Å²) in [5.41, 5.74) is 4.98. The van der Waals surface area contributed by atoms with Gasteiger partial charge in [0.1, 0.15) is 23.0 Å². The van der Waals surface area contributed by atoms with E-state index in [0.29, 0.717) is 24.5 Å². The van der Waals surface area contributed by atoms with Gasteiger partial charge in [-0.15, -0.1) is 4.73 Å². The Bertz CT molecular complexity index is 1270. The van der Waals surface area contributed by atoms with Crippen LogP contribution in [0.5, 0.6) is 0 Å². The third-order valence-corrected chi connectivity index (χ3v) is 5.31. The fraction of sp³-hybridized carbons (Fsp3) is 0.304. The molecule has 0 atom stereocenters. The Morgan fingerprint density at radius 2 is 1.85 bits per heavy atom. The van der Waals surface area contributed by atoms with E-state index in [4.69, 9.17) is 10.8 Å². The van der Waals surface area contributed by atoms with E-state index in [1.54, 1.807) is 6.07 Å². The first-order valence-corrected chi connectivity index (χ1v) is 10.3. The molecule has 2 heterocycles. The number of anilines is 1. The summed E-state index contributed by atoms with van der Waals surface area (Å²) < 4.78 is 27.1. The van der Waals surface area contributed by atoms with Crippen LogP contribution >= 0.6 is 0 Å². The van der Waals surface area contributed by atoms with Crippen molar-refractivity contribution in [2.45, 2.75) is 38.5 Å². The zero-order valence-electron chi connectivity index (χ0n) is 17.7. The molecule has 4 N–H and O–H groups in total. The molecular formula is C23H23F2N3O5. The monoisotopic (exact) mass is 459 g/mol. The zero-order chi connectivity index (χ0) is 24.1. The second kappa shape index (κ2) is 10.3. The second-order valence-corrected chi connectivity index (χ2v) is 7.65. The molecule has 0 aliphatic rings. The molecule has 10 heteroatoms. The molecule has 0 radical (unpaired) electrons. The van der Waals surface area contributed by atoms with Crippen LogP contribution in [0.15, 0.2) is 35.3 Å². The summed E-state index contributed by atoms with van der Waals surface area (Å²) in [4.78, 5) is 41.2. The molecule has 8 nitrogen and oxygen atoms in total. The molecule has 3 aromatic rings. The summed E-state index contributed by atoms with van der Waals surface area (Å²) in [7, 11) is 0. The van der Waals surface area contributed by atoms with E-state index in [-0.39, 0.29) is 65.1 Å². The van der Waals surface area contributed by atoms with Crippen molar-refractivity contribution >= 4 is 28.3 Å². The van der Waals surface area contributed by atoms with Gasteiger partial charge in [-0.2, -0.15) is 0 Å². The average Bonchev–Trinajstić information content (AvgIpc) is 2.79. The second-order valence-electron chi connectivity index (χ2n) is 7.65. The first-order valence-electron chi connectivity index (χ1n) is 10.3. The molecule has 0 spiro atoms. The van der Waals surface area contributed by atoms with E-state index in [2.05, 4.69) is 4.98 Å². The number of carbonyl (C=O) groups is 2. The number of pyridine rings is 2. The largest absolute Gasteiger partial charge is 0.423 e. The molecule has 174 valence electrons. The topological polar surface area (TPSA) is 136 Å². The molecule has 0 amide bonds. The molecule has 0 saturated carbocycles. The van der Waals surface area contributed by atoms with Crippen LogP contribution in [-0.4, -0.2) is 38.2 Å². The molecule has 1 aromatic carbocycles. The number of rotatable bonds is 10. The van der Waals surface area contributed by atoms with Crippen molar-refractivity contribution < 1.29 is 28.7 Å². The molecule has 33 heavy (non-hydrogen) atoms. The maximum absolute atomic E-state index is 13.9. The number of nitrogens with two attached hydrogens (primary N) is 1. The van der Waals surface area contributed by atoms with Crippen LogP contribution in [0, 0.1) is 11.6 Å². The van der Waals surface area contributed by atoms with Gasteiger partial charge < -0.3 is 16.0 Å². The fourth-order valence-electron chi connectivity index (χ4n) is 3.51. The summed E-state index contributed by atoms with van der Waals surface area (Å²) in [5, 5.41) is 19.2. The van der Waals surface area contributed by atoms with Crippen LogP contribution in [0.2, 0.25) is 0 Å². The van der Waals surface area contributed by atoms with Crippen molar-refractivity contribution in [1.29, 1.82) is 0 Å². The van der Waals surface area contributed by atoms with Crippen LogP contribution in [0.4, 0.5) is 14.5 Å². The van der Waals surface area contributed by atoms with Gasteiger partial charge in [-0.05, 0) is 42.5 Å². The number of nitrogens with zero attached hydrogens (tertiary/aromatic N) is 2. The van der Waals surface area contributed by atoms with E-state index in [9.17, 15) is 28.4 Å². The Morgan fingerprint density at radius 3 is 2.55 bits per heavy atom. The van der Waals surface area contributed by atoms with Crippen molar-refractivity contribution in [3.05, 3.63) is 69.1 Å². The van der Waals surface area contributed by atoms with E-state index in [1.807, 2.05) is 0 Å². The van der Waals surface area contributed by atoms with Gasteiger partial charge in [-0.25, -0.2) is 13.8 Å². The number of halogens is 2. The number of hydrogen-bond acceptors (Lipinski definition) is 7. The van der Waals surface area contributed by atoms with Gasteiger partial charge in [-0.3, -0.25) is 14.4 Å². The molecule has 0 aliphatic carbocycles. The molecule has 0 bridgehead atoms. The lowest BCUT2D eigenvalue weighted by Gasteiger charge is -2.12. The van der Waals surface area contributed by atoms with Crippen molar-refractivity contribution in [3.63, 3.8) is 0 Å². The summed E-state index contributed by atoms with van der Waals surface area (Å²) in [5.74, 6) is -2.30. The first-order chi connectivity index (χ1) is 15.7. The Labute approximate surface area is 187 Å². The molecule has 3 rings (SSSR count). The van der Waals surface area contributed by atoms with Crippen LogP contribution in [0.3, 0.4) is 0 Å². The smallest absolute Gasteiger partial charge is 0.297 e. The third-order valence-electron chi connectivity index (χ3n) is 5.31. The molecule has 0 aliphatic heterocycles. The number of hydrogen-bond donors (Lipinski definition) is 3. The third kappa shape index (κ3) is 5.40. The summed E-state index contributed by atoms with van der Waals surface area (Å²) in [6, 6.07) is 4.52. The van der Waals surface area contributed by atoms with Crippen LogP contribution < -0.4 is 11.3 Å². The standard InChI is InChI=1S/C23H23F2N3O5/c24-15-6-4-14(18(25)11-15)5-8-19(31)20-21(26)17-10-13(3-7-16(30)2-1-9-29)12-27-22(17)28(33)23(20)32/h4,6,10-12,29,33H,1-3,5,7-9,26H2. The van der Waals surface area contributed by atoms with Crippen molar-refractivity contribution in [2.75, 3.05) is 12.3 Å². The highest BCUT2D eigenvalue weighted by Gasteiger charge is 2.22. The molecule has 2 aromatic heterocycles. The van der Waals surface area contributed by atoms with E-state index < -0.39 is 28.5 Å². The number of carbonyl (C=O) groups excluding carboxylic acids is 2. The Hall–Kier alpha value is -3.66. The summed E-state index contributed by atoms with van der Waals surface area (Å²) in [6.45, 7) is -0.0710. The van der Waals surface area contributed by atoms with Gasteiger partial charge in [0.2, 0.25) is 0 Å². The lowest BCUT2D eigenvalue weighted by atomic mass is 10.00. The predicted octanol–water partition coefficient (Wildman–Crippen LogP) is 2.58. The minimum absolute atomic E-state index is 0.0341. The SMILES string of the molecule is Nc1c(C(=O)CCc2ccc(F)cc2F)c(=O)n(O)c2ncc(CCC(=O)CCCO)cc12. The quantitative estimate of drug-likeness (QED) is 0.313. The summed E-state index contributed by atoms with van der Waals surface area (Å²) in [6.07, 6.45) is 2.17. The number of aliphatic hydroxyl groups excluding tert-OH is 1. The normalized spacial score (nSPS) is 11.1. The molecule has 0 saturated heterocycles. The van der Waals surface area contributed by atoms with Gasteiger partial charge in [0.15, 0.2) is 11.4 Å². The van der Waals surface area contributed by atoms with E-state index in [1.165, 1.54) is 12.3 Å². The number of aromatic nitrogens is 2. The maximum atomic E-state index is 13.9. The number of aliphatic hydroxyl groups is 1. The van der Waals surface area contributed by atoms with Crippen LogP contribution in [0.1, 0.15) is 47.2 Å².